The fourth-order valence-corrected chi connectivity index (χ4v) is 5.10. The molecule has 0 saturated carbocycles. The van der Waals surface area contributed by atoms with Gasteiger partial charge in [-0.1, -0.05) is 49.4 Å². The maximum atomic E-state index is 14.3. The topological polar surface area (TPSA) is 69.9 Å². The molecule has 0 unspecified atom stereocenters. The normalized spacial score (nSPS) is 12.1. The highest BCUT2D eigenvalue weighted by molar-refractivity contribution is 5.96. The quantitative estimate of drug-likeness (QED) is 0.268. The molecular formula is C32H26N4O2. The average molecular weight is 499 g/mol. The highest BCUT2D eigenvalue weighted by Crippen LogP contribution is 2.31. The molecule has 0 N–H and O–H groups in total. The average Bonchev–Trinajstić information content (AvgIpc) is 2.97. The fourth-order valence-electron chi connectivity index (χ4n) is 5.10. The first-order chi connectivity index (χ1) is 18.6. The summed E-state index contributed by atoms with van der Waals surface area (Å²) < 4.78 is 7.06. The Hall–Kier alpha value is -4.84. The first-order valence-electron chi connectivity index (χ1n) is 12.6. The van der Waals surface area contributed by atoms with E-state index in [9.17, 15) is 4.79 Å². The molecule has 0 saturated heterocycles. The zero-order chi connectivity index (χ0) is 26.1. The lowest BCUT2D eigenvalue weighted by atomic mass is 9.94. The summed E-state index contributed by atoms with van der Waals surface area (Å²) in [5.74, 6) is 0.530. The summed E-state index contributed by atoms with van der Waals surface area (Å²) in [7, 11) is 1.59. The van der Waals surface area contributed by atoms with Gasteiger partial charge in [0.05, 0.1) is 23.7 Å². The number of rotatable bonds is 6. The van der Waals surface area contributed by atoms with Gasteiger partial charge in [0.2, 0.25) is 5.88 Å². The molecule has 2 aromatic carbocycles. The number of para-hydroxylation sites is 1. The Morgan fingerprint density at radius 1 is 0.842 bits per heavy atom. The number of nitrogens with zero attached hydrogens (tertiary/aromatic N) is 4. The van der Waals surface area contributed by atoms with Crippen LogP contribution in [0.5, 0.6) is 5.88 Å². The first-order valence-corrected chi connectivity index (χ1v) is 12.6. The van der Waals surface area contributed by atoms with Crippen molar-refractivity contribution in [3.63, 3.8) is 0 Å². The zero-order valence-electron chi connectivity index (χ0n) is 21.2. The number of methoxy groups -OCH3 is 1. The molecule has 1 atom stereocenters. The lowest BCUT2D eigenvalue weighted by molar-refractivity contribution is 0.398. The van der Waals surface area contributed by atoms with E-state index in [0.29, 0.717) is 17.7 Å². The minimum atomic E-state index is -0.0639. The second kappa shape index (κ2) is 9.90. The summed E-state index contributed by atoms with van der Waals surface area (Å²) in [5.41, 5.74) is 5.20. The van der Waals surface area contributed by atoms with Crippen LogP contribution in [-0.2, 0) is 6.42 Å². The van der Waals surface area contributed by atoms with Crippen LogP contribution in [0, 0.1) is 0 Å². The van der Waals surface area contributed by atoms with Crippen LogP contribution < -0.4 is 10.3 Å². The van der Waals surface area contributed by atoms with Crippen LogP contribution in [0.1, 0.15) is 24.2 Å². The Morgan fingerprint density at radius 3 is 2.47 bits per heavy atom. The largest absolute Gasteiger partial charge is 0.481 e. The summed E-state index contributed by atoms with van der Waals surface area (Å²) in [6, 6.07) is 27.6. The molecule has 0 radical (unpaired) electrons. The van der Waals surface area contributed by atoms with E-state index in [1.54, 1.807) is 19.5 Å². The molecule has 0 aliphatic carbocycles. The van der Waals surface area contributed by atoms with E-state index in [2.05, 4.69) is 27.9 Å². The molecule has 6 aromatic rings. The number of aromatic nitrogens is 4. The number of hydrogen-bond acceptors (Lipinski definition) is 5. The van der Waals surface area contributed by atoms with Crippen molar-refractivity contribution in [3.8, 4) is 22.7 Å². The lowest BCUT2D eigenvalue weighted by Crippen LogP contribution is -2.24. The smallest absolute Gasteiger partial charge is 0.263 e. The minimum absolute atomic E-state index is 0.00118. The second-order valence-corrected chi connectivity index (χ2v) is 9.34. The first kappa shape index (κ1) is 23.6. The van der Waals surface area contributed by atoms with Crippen molar-refractivity contribution in [1.82, 2.24) is 19.5 Å². The van der Waals surface area contributed by atoms with Crippen molar-refractivity contribution in [3.05, 3.63) is 125 Å². The van der Waals surface area contributed by atoms with Crippen LogP contribution in [0.15, 0.2) is 108 Å². The number of pyridine rings is 4. The van der Waals surface area contributed by atoms with Crippen LogP contribution in [-0.4, -0.2) is 26.6 Å². The summed E-state index contributed by atoms with van der Waals surface area (Å²) in [5, 5.41) is 2.60. The molecule has 4 aromatic heterocycles. The Kier molecular flexibility index (Phi) is 6.14. The Balaban J connectivity index is 1.55. The van der Waals surface area contributed by atoms with Gasteiger partial charge in [-0.15, -0.1) is 0 Å². The Bertz CT molecular complexity index is 1810. The Morgan fingerprint density at radius 2 is 1.68 bits per heavy atom. The molecule has 0 aliphatic heterocycles. The second-order valence-electron chi connectivity index (χ2n) is 9.34. The van der Waals surface area contributed by atoms with E-state index in [0.717, 1.165) is 44.5 Å². The Labute approximate surface area is 220 Å². The van der Waals surface area contributed by atoms with Crippen molar-refractivity contribution < 1.29 is 4.74 Å². The van der Waals surface area contributed by atoms with Gasteiger partial charge < -0.3 is 4.74 Å². The van der Waals surface area contributed by atoms with Crippen molar-refractivity contribution in [2.45, 2.75) is 19.3 Å². The van der Waals surface area contributed by atoms with Crippen LogP contribution in [0.3, 0.4) is 0 Å². The minimum Gasteiger partial charge on any atom is -0.481 e. The third kappa shape index (κ3) is 4.20. The maximum Gasteiger partial charge on any atom is 0.263 e. The molecule has 6 nitrogen and oxygen atoms in total. The van der Waals surface area contributed by atoms with Gasteiger partial charge in [-0.05, 0) is 53.8 Å². The summed E-state index contributed by atoms with van der Waals surface area (Å²) in [4.78, 5) is 27.9. The molecule has 4 heterocycles. The van der Waals surface area contributed by atoms with Crippen LogP contribution in [0.4, 0.5) is 0 Å². The fraction of sp³-hybridized carbons (Fsp3) is 0.125. The molecule has 186 valence electrons. The van der Waals surface area contributed by atoms with Gasteiger partial charge in [0.15, 0.2) is 0 Å². The molecular weight excluding hydrogens is 472 g/mol. The monoisotopic (exact) mass is 498 g/mol. The number of hydrogen-bond donors (Lipinski definition) is 0. The van der Waals surface area contributed by atoms with Crippen molar-refractivity contribution in [2.24, 2.45) is 0 Å². The summed E-state index contributed by atoms with van der Waals surface area (Å²) >= 11 is 0. The molecule has 0 fully saturated rings. The maximum absolute atomic E-state index is 14.3. The van der Waals surface area contributed by atoms with Crippen LogP contribution in [0.25, 0.3) is 38.5 Å². The van der Waals surface area contributed by atoms with E-state index < -0.39 is 0 Å². The standard InChI is InChI=1S/C32H26N4O2/c1-21(18-27-31-22(15-17-33-27)9-7-16-34-31)28-19-23-8-6-12-26(24-13-14-29(38-2)35-20-24)30(23)32(37)36(28)25-10-4-3-5-11-25/h3-17,19-21H,18H2,1-2H3/t21-/m1/s1. The van der Waals surface area contributed by atoms with Gasteiger partial charge in [-0.25, -0.2) is 4.98 Å². The van der Waals surface area contributed by atoms with E-state index in [1.807, 2.05) is 89.6 Å². The molecule has 0 bridgehead atoms. The van der Waals surface area contributed by atoms with E-state index in [-0.39, 0.29) is 11.5 Å². The molecule has 0 aliphatic rings. The van der Waals surface area contributed by atoms with Crippen molar-refractivity contribution in [1.29, 1.82) is 0 Å². The molecule has 0 amide bonds. The van der Waals surface area contributed by atoms with Gasteiger partial charge in [0, 0.05) is 52.9 Å². The van der Waals surface area contributed by atoms with Gasteiger partial charge >= 0.3 is 0 Å². The van der Waals surface area contributed by atoms with E-state index in [1.165, 1.54) is 0 Å². The zero-order valence-corrected chi connectivity index (χ0v) is 21.2. The highest BCUT2D eigenvalue weighted by Gasteiger charge is 2.20. The van der Waals surface area contributed by atoms with Gasteiger partial charge in [-0.3, -0.25) is 19.3 Å². The SMILES string of the molecule is COc1ccc(-c2cccc3cc([C@H](C)Cc4nccc5cccnc45)n(-c4ccccc4)c(=O)c23)cn1. The van der Waals surface area contributed by atoms with Gasteiger partial charge in [-0.2, -0.15) is 0 Å². The predicted molar refractivity (Wildman–Crippen MR) is 151 cm³/mol. The summed E-state index contributed by atoms with van der Waals surface area (Å²) in [6.07, 6.45) is 6.01. The van der Waals surface area contributed by atoms with Gasteiger partial charge in [0.25, 0.3) is 5.56 Å². The van der Waals surface area contributed by atoms with Crippen molar-refractivity contribution >= 4 is 21.7 Å². The number of ether oxygens (including phenoxy) is 1. The summed E-state index contributed by atoms with van der Waals surface area (Å²) in [6.45, 7) is 2.14. The molecule has 0 spiro atoms. The lowest BCUT2D eigenvalue weighted by Gasteiger charge is -2.21. The third-order valence-corrected chi connectivity index (χ3v) is 6.95. The van der Waals surface area contributed by atoms with Crippen molar-refractivity contribution in [2.75, 3.05) is 7.11 Å². The third-order valence-electron chi connectivity index (χ3n) is 6.95. The van der Waals surface area contributed by atoms with Crippen LogP contribution >= 0.6 is 0 Å². The number of fused-ring (bicyclic) bond motifs is 2. The van der Waals surface area contributed by atoms with Crippen LogP contribution in [0.2, 0.25) is 0 Å². The van der Waals surface area contributed by atoms with E-state index in [4.69, 9.17) is 4.74 Å². The highest BCUT2D eigenvalue weighted by atomic mass is 16.5. The number of benzene rings is 2. The predicted octanol–water partition coefficient (Wildman–Crippen LogP) is 6.35. The molecule has 6 heteroatoms. The molecule has 6 rings (SSSR count). The molecule has 38 heavy (non-hydrogen) atoms. The van der Waals surface area contributed by atoms with Gasteiger partial charge in [0.1, 0.15) is 0 Å². The van der Waals surface area contributed by atoms with E-state index >= 15 is 0 Å².